The Balaban J connectivity index is 2.58. The van der Waals surface area contributed by atoms with Crippen LogP contribution in [0.5, 0.6) is 0 Å². The summed E-state index contributed by atoms with van der Waals surface area (Å²) >= 11 is 5.54. The zero-order valence-corrected chi connectivity index (χ0v) is 8.10. The van der Waals surface area contributed by atoms with E-state index in [9.17, 15) is 18.0 Å². The quantitative estimate of drug-likeness (QED) is 0.757. The lowest BCUT2D eigenvalue weighted by atomic mass is 10.1. The number of alkyl halides is 3. The molecule has 1 aromatic rings. The molecule has 0 amide bonds. The molecule has 0 aliphatic heterocycles. The van der Waals surface area contributed by atoms with Crippen LogP contribution in [0.2, 0.25) is 5.02 Å². The molecule has 0 aromatic heterocycles. The monoisotopic (exact) mass is 238 g/mol. The van der Waals surface area contributed by atoms with Crippen LogP contribution in [-0.4, -0.2) is 18.8 Å². The van der Waals surface area contributed by atoms with E-state index < -0.39 is 18.8 Å². The van der Waals surface area contributed by atoms with Gasteiger partial charge in [0.15, 0.2) is 5.78 Å². The second kappa shape index (κ2) is 4.63. The molecular weight excluding hydrogens is 233 g/mol. The van der Waals surface area contributed by atoms with Gasteiger partial charge in [-0.05, 0) is 24.3 Å². The highest BCUT2D eigenvalue weighted by atomic mass is 35.5. The Morgan fingerprint density at radius 3 is 2.27 bits per heavy atom. The fourth-order valence-electron chi connectivity index (χ4n) is 0.866. The van der Waals surface area contributed by atoms with E-state index >= 15 is 0 Å². The maximum absolute atomic E-state index is 11.6. The molecule has 0 N–H and O–H groups in total. The van der Waals surface area contributed by atoms with E-state index in [0.29, 0.717) is 5.02 Å². The molecule has 0 bridgehead atoms. The summed E-state index contributed by atoms with van der Waals surface area (Å²) in [4.78, 5) is 11.1. The molecule has 2 nitrogen and oxygen atoms in total. The van der Waals surface area contributed by atoms with Gasteiger partial charge in [-0.3, -0.25) is 9.53 Å². The molecular formula is C9H6ClF3O2. The highest BCUT2D eigenvalue weighted by Crippen LogP contribution is 2.17. The van der Waals surface area contributed by atoms with Crippen LogP contribution in [-0.2, 0) is 4.74 Å². The van der Waals surface area contributed by atoms with Crippen LogP contribution in [0, 0.1) is 0 Å². The van der Waals surface area contributed by atoms with Gasteiger partial charge in [-0.1, -0.05) is 11.6 Å². The van der Waals surface area contributed by atoms with Gasteiger partial charge in [-0.25, -0.2) is 0 Å². The van der Waals surface area contributed by atoms with Crippen molar-refractivity contribution in [3.8, 4) is 0 Å². The van der Waals surface area contributed by atoms with Crippen LogP contribution in [0.3, 0.4) is 0 Å². The van der Waals surface area contributed by atoms with E-state index in [1.807, 2.05) is 0 Å². The number of ketones is 1. The smallest absolute Gasteiger partial charge is 0.292 e. The Bertz CT molecular complexity index is 345. The van der Waals surface area contributed by atoms with Crippen LogP contribution < -0.4 is 0 Å². The van der Waals surface area contributed by atoms with E-state index in [0.717, 1.165) is 0 Å². The SMILES string of the molecule is O=C(COC(F)(F)F)c1ccc(Cl)cc1. The van der Waals surface area contributed by atoms with E-state index in [1.54, 1.807) is 0 Å². The Labute approximate surface area is 88.6 Å². The maximum Gasteiger partial charge on any atom is 0.522 e. The summed E-state index contributed by atoms with van der Waals surface area (Å²) in [5, 5.41) is 0.406. The number of carbonyl (C=O) groups is 1. The highest BCUT2D eigenvalue weighted by molar-refractivity contribution is 6.30. The summed E-state index contributed by atoms with van der Waals surface area (Å²) in [6.07, 6.45) is -4.79. The summed E-state index contributed by atoms with van der Waals surface area (Å²) in [7, 11) is 0. The first-order valence-electron chi connectivity index (χ1n) is 3.88. The first-order valence-corrected chi connectivity index (χ1v) is 4.26. The van der Waals surface area contributed by atoms with Crippen molar-refractivity contribution >= 4 is 17.4 Å². The van der Waals surface area contributed by atoms with Gasteiger partial charge in [0, 0.05) is 10.6 Å². The molecule has 0 spiro atoms. The molecule has 0 unspecified atom stereocenters. The van der Waals surface area contributed by atoms with Gasteiger partial charge < -0.3 is 0 Å². The average molecular weight is 239 g/mol. The Morgan fingerprint density at radius 1 is 1.27 bits per heavy atom. The van der Waals surface area contributed by atoms with Crippen molar-refractivity contribution in [2.75, 3.05) is 6.61 Å². The van der Waals surface area contributed by atoms with Crippen LogP contribution in [0.15, 0.2) is 24.3 Å². The topological polar surface area (TPSA) is 26.3 Å². The normalized spacial score (nSPS) is 11.5. The molecule has 6 heteroatoms. The molecule has 0 heterocycles. The van der Waals surface area contributed by atoms with Gasteiger partial charge in [0.1, 0.15) is 6.61 Å². The van der Waals surface area contributed by atoms with E-state index in [1.165, 1.54) is 24.3 Å². The molecule has 0 atom stereocenters. The summed E-state index contributed by atoms with van der Waals surface area (Å²) in [6.45, 7) is -1.02. The molecule has 15 heavy (non-hydrogen) atoms. The highest BCUT2D eigenvalue weighted by Gasteiger charge is 2.30. The standard InChI is InChI=1S/C9H6ClF3O2/c10-7-3-1-6(2-4-7)8(14)5-15-9(11,12)13/h1-4H,5H2. The second-order valence-corrected chi connectivity index (χ2v) is 3.10. The summed E-state index contributed by atoms with van der Waals surface area (Å²) < 4.78 is 38.2. The largest absolute Gasteiger partial charge is 0.522 e. The first-order chi connectivity index (χ1) is 6.88. The molecule has 0 aliphatic carbocycles. The van der Waals surface area contributed by atoms with Crippen LogP contribution in [0.25, 0.3) is 0 Å². The van der Waals surface area contributed by atoms with Crippen molar-refractivity contribution in [3.05, 3.63) is 34.9 Å². The summed E-state index contributed by atoms with van der Waals surface area (Å²) in [5.74, 6) is -0.746. The Hall–Kier alpha value is -1.07. The third-order valence-corrected chi connectivity index (χ3v) is 1.79. The van der Waals surface area contributed by atoms with Gasteiger partial charge in [0.05, 0.1) is 0 Å². The van der Waals surface area contributed by atoms with Crippen molar-refractivity contribution in [1.29, 1.82) is 0 Å². The molecule has 0 saturated heterocycles. The molecule has 0 saturated carbocycles. The fourth-order valence-corrected chi connectivity index (χ4v) is 0.992. The minimum Gasteiger partial charge on any atom is -0.292 e. The molecule has 1 aromatic carbocycles. The third-order valence-electron chi connectivity index (χ3n) is 1.53. The lowest BCUT2D eigenvalue weighted by Crippen LogP contribution is -2.19. The van der Waals surface area contributed by atoms with E-state index in [2.05, 4.69) is 4.74 Å². The number of hydrogen-bond donors (Lipinski definition) is 0. The zero-order chi connectivity index (χ0) is 11.5. The minimum absolute atomic E-state index is 0.128. The van der Waals surface area contributed by atoms with Crippen LogP contribution in [0.4, 0.5) is 13.2 Å². The van der Waals surface area contributed by atoms with Gasteiger partial charge in [0.25, 0.3) is 0 Å². The van der Waals surface area contributed by atoms with Crippen molar-refractivity contribution < 1.29 is 22.7 Å². The van der Waals surface area contributed by atoms with Gasteiger partial charge >= 0.3 is 6.36 Å². The average Bonchev–Trinajstić information content (AvgIpc) is 2.14. The molecule has 1 rings (SSSR count). The number of ether oxygens (including phenoxy) is 1. The fraction of sp³-hybridized carbons (Fsp3) is 0.222. The lowest BCUT2D eigenvalue weighted by Gasteiger charge is -2.06. The lowest BCUT2D eigenvalue weighted by molar-refractivity contribution is -0.318. The summed E-state index contributed by atoms with van der Waals surface area (Å²) in [6, 6.07) is 5.51. The Morgan fingerprint density at radius 2 is 1.80 bits per heavy atom. The molecule has 0 fully saturated rings. The summed E-state index contributed by atoms with van der Waals surface area (Å²) in [5.41, 5.74) is 0.128. The van der Waals surface area contributed by atoms with E-state index in [4.69, 9.17) is 11.6 Å². The van der Waals surface area contributed by atoms with Crippen molar-refractivity contribution in [1.82, 2.24) is 0 Å². The molecule has 82 valence electrons. The number of halogens is 4. The number of benzene rings is 1. The Kier molecular flexibility index (Phi) is 3.71. The van der Waals surface area contributed by atoms with Gasteiger partial charge in [-0.2, -0.15) is 0 Å². The maximum atomic E-state index is 11.6. The van der Waals surface area contributed by atoms with Gasteiger partial charge in [-0.15, -0.1) is 13.2 Å². The van der Waals surface area contributed by atoms with Crippen LogP contribution in [0.1, 0.15) is 10.4 Å². The predicted molar refractivity (Wildman–Crippen MR) is 47.8 cm³/mol. The third kappa shape index (κ3) is 4.31. The van der Waals surface area contributed by atoms with Gasteiger partial charge in [0.2, 0.25) is 0 Å². The minimum atomic E-state index is -4.79. The van der Waals surface area contributed by atoms with Crippen molar-refractivity contribution in [3.63, 3.8) is 0 Å². The predicted octanol–water partition coefficient (Wildman–Crippen LogP) is 3.06. The number of hydrogen-bond acceptors (Lipinski definition) is 2. The number of carbonyl (C=O) groups excluding carboxylic acids is 1. The number of Topliss-reactive ketones (excluding diaryl/α,β-unsaturated/α-hetero) is 1. The van der Waals surface area contributed by atoms with Crippen molar-refractivity contribution in [2.24, 2.45) is 0 Å². The number of rotatable bonds is 3. The van der Waals surface area contributed by atoms with E-state index in [-0.39, 0.29) is 5.56 Å². The first kappa shape index (κ1) is 12.0. The molecule has 0 aliphatic rings. The zero-order valence-electron chi connectivity index (χ0n) is 7.34. The molecule has 0 radical (unpaired) electrons. The van der Waals surface area contributed by atoms with Crippen molar-refractivity contribution in [2.45, 2.75) is 6.36 Å². The second-order valence-electron chi connectivity index (χ2n) is 2.66. The van der Waals surface area contributed by atoms with Crippen LogP contribution >= 0.6 is 11.6 Å².